The van der Waals surface area contributed by atoms with Crippen molar-refractivity contribution in [3.05, 3.63) is 67.3 Å². The molecule has 4 aromatic rings. The Morgan fingerprint density at radius 2 is 1.71 bits per heavy atom. The smallest absolute Gasteiger partial charge is 0.264 e. The van der Waals surface area contributed by atoms with Gasteiger partial charge >= 0.3 is 0 Å². The maximum Gasteiger partial charge on any atom is 0.264 e. The number of rotatable bonds is 10. The lowest BCUT2D eigenvalue weighted by atomic mass is 10.3. The zero-order valence-corrected chi connectivity index (χ0v) is 19.2. The molecule has 35 heavy (non-hydrogen) atoms. The molecule has 0 fully saturated rings. The fraction of sp³-hybridized carbons (Fsp3) is 0.136. The summed E-state index contributed by atoms with van der Waals surface area (Å²) in [6.07, 6.45) is 5.61. The quantitative estimate of drug-likeness (QED) is 0.332. The zero-order chi connectivity index (χ0) is 24.7. The van der Waals surface area contributed by atoms with Gasteiger partial charge in [0.1, 0.15) is 11.5 Å². The molecule has 1 aromatic carbocycles. The van der Waals surface area contributed by atoms with Crippen molar-refractivity contribution in [1.82, 2.24) is 24.9 Å². The number of benzene rings is 1. The van der Waals surface area contributed by atoms with Crippen molar-refractivity contribution in [2.24, 2.45) is 0 Å². The van der Waals surface area contributed by atoms with Gasteiger partial charge in [-0.3, -0.25) is 9.71 Å². The molecule has 180 valence electrons. The minimum absolute atomic E-state index is 0.0326. The van der Waals surface area contributed by atoms with Gasteiger partial charge in [0.2, 0.25) is 11.6 Å². The molecule has 4 rings (SSSR count). The Morgan fingerprint density at radius 1 is 0.943 bits per heavy atom. The third-order valence-corrected chi connectivity index (χ3v) is 5.71. The Bertz CT molecular complexity index is 1390. The van der Waals surface area contributed by atoms with Crippen LogP contribution in [0.5, 0.6) is 23.1 Å². The zero-order valence-electron chi connectivity index (χ0n) is 18.4. The van der Waals surface area contributed by atoms with E-state index in [9.17, 15) is 13.5 Å². The summed E-state index contributed by atoms with van der Waals surface area (Å²) in [4.78, 5) is 20.6. The summed E-state index contributed by atoms with van der Waals surface area (Å²) < 4.78 is 45.5. The molecule has 0 atom stereocenters. The van der Waals surface area contributed by atoms with Gasteiger partial charge in [0.15, 0.2) is 23.1 Å². The number of methoxy groups -OCH3 is 1. The summed E-state index contributed by atoms with van der Waals surface area (Å²) in [6, 6.07) is 11.2. The SMILES string of the molecule is COc1ccccc1Oc1c(NS(=O)(=O)c2cccnc2)nc(-c2ncccn2)nc1OCCO. The second-order valence-electron chi connectivity index (χ2n) is 6.72. The molecule has 2 N–H and O–H groups in total. The van der Waals surface area contributed by atoms with Gasteiger partial charge < -0.3 is 19.3 Å². The van der Waals surface area contributed by atoms with Crippen LogP contribution in [-0.2, 0) is 10.0 Å². The second kappa shape index (κ2) is 10.7. The third kappa shape index (κ3) is 5.59. The molecule has 3 heterocycles. The van der Waals surface area contributed by atoms with E-state index >= 15 is 0 Å². The monoisotopic (exact) mass is 496 g/mol. The number of para-hydroxylation sites is 2. The molecule has 3 aromatic heterocycles. The molecule has 0 aliphatic rings. The third-order valence-electron chi connectivity index (χ3n) is 4.39. The number of anilines is 1. The van der Waals surface area contributed by atoms with Crippen LogP contribution in [0.2, 0.25) is 0 Å². The van der Waals surface area contributed by atoms with Crippen molar-refractivity contribution >= 4 is 15.8 Å². The number of aliphatic hydroxyl groups excluding tert-OH is 1. The van der Waals surface area contributed by atoms with Crippen LogP contribution in [0.15, 0.2) is 72.1 Å². The molecule has 0 saturated heterocycles. The minimum Gasteiger partial charge on any atom is -0.493 e. The van der Waals surface area contributed by atoms with E-state index in [-0.39, 0.29) is 53.0 Å². The number of sulfonamides is 1. The van der Waals surface area contributed by atoms with Gasteiger partial charge in [-0.25, -0.2) is 23.4 Å². The molecule has 0 radical (unpaired) electrons. The number of hydrogen-bond donors (Lipinski definition) is 2. The summed E-state index contributed by atoms with van der Waals surface area (Å²) >= 11 is 0. The number of nitrogens with one attached hydrogen (secondary N) is 1. The topological polar surface area (TPSA) is 159 Å². The van der Waals surface area contributed by atoms with Gasteiger partial charge in [0.25, 0.3) is 15.9 Å². The molecule has 0 bridgehead atoms. The fourth-order valence-electron chi connectivity index (χ4n) is 2.85. The van der Waals surface area contributed by atoms with E-state index in [2.05, 4.69) is 29.6 Å². The van der Waals surface area contributed by atoms with Gasteiger partial charge in [-0.15, -0.1) is 0 Å². The highest BCUT2D eigenvalue weighted by atomic mass is 32.2. The van der Waals surface area contributed by atoms with E-state index in [1.54, 1.807) is 30.3 Å². The van der Waals surface area contributed by atoms with Crippen molar-refractivity contribution in [2.75, 3.05) is 25.0 Å². The molecule has 0 aliphatic heterocycles. The van der Waals surface area contributed by atoms with E-state index in [0.717, 1.165) is 0 Å². The maximum absolute atomic E-state index is 13.1. The average molecular weight is 497 g/mol. The van der Waals surface area contributed by atoms with Crippen molar-refractivity contribution < 1.29 is 27.7 Å². The highest BCUT2D eigenvalue weighted by Crippen LogP contribution is 2.41. The molecule has 13 heteroatoms. The second-order valence-corrected chi connectivity index (χ2v) is 8.40. The summed E-state index contributed by atoms with van der Waals surface area (Å²) in [5.74, 6) is 0.156. The highest BCUT2D eigenvalue weighted by molar-refractivity contribution is 7.92. The average Bonchev–Trinajstić information content (AvgIpc) is 2.89. The van der Waals surface area contributed by atoms with Gasteiger partial charge in [-0.05, 0) is 30.3 Å². The van der Waals surface area contributed by atoms with Crippen LogP contribution in [0.25, 0.3) is 11.6 Å². The molecular formula is C22H20N6O6S. The fourth-order valence-corrected chi connectivity index (χ4v) is 3.82. The molecular weight excluding hydrogens is 476 g/mol. The summed E-state index contributed by atoms with van der Waals surface area (Å²) in [5.41, 5.74) is 0. The molecule has 12 nitrogen and oxygen atoms in total. The largest absolute Gasteiger partial charge is 0.493 e. The van der Waals surface area contributed by atoms with Crippen LogP contribution in [0, 0.1) is 0 Å². The van der Waals surface area contributed by atoms with E-state index in [1.165, 1.54) is 44.0 Å². The summed E-state index contributed by atoms with van der Waals surface area (Å²) in [6.45, 7) is -0.477. The van der Waals surface area contributed by atoms with E-state index in [4.69, 9.17) is 14.2 Å². The van der Waals surface area contributed by atoms with Crippen LogP contribution < -0.4 is 18.9 Å². The van der Waals surface area contributed by atoms with Gasteiger partial charge in [-0.2, -0.15) is 4.98 Å². The van der Waals surface area contributed by atoms with Crippen LogP contribution in [0.1, 0.15) is 0 Å². The lowest BCUT2D eigenvalue weighted by Crippen LogP contribution is -2.17. The Hall–Kier alpha value is -4.36. The van der Waals surface area contributed by atoms with Crippen molar-refractivity contribution in [3.63, 3.8) is 0 Å². The molecule has 0 saturated carbocycles. The number of pyridine rings is 1. The number of nitrogens with zero attached hydrogens (tertiary/aromatic N) is 5. The first-order valence-electron chi connectivity index (χ1n) is 10.2. The van der Waals surface area contributed by atoms with E-state index < -0.39 is 10.0 Å². The van der Waals surface area contributed by atoms with Gasteiger partial charge in [-0.1, -0.05) is 12.1 Å². The predicted octanol–water partition coefficient (Wildman–Crippen LogP) is 2.30. The first kappa shape index (κ1) is 23.8. The normalized spacial score (nSPS) is 11.0. The summed E-state index contributed by atoms with van der Waals surface area (Å²) in [7, 11) is -2.68. The minimum atomic E-state index is -4.14. The predicted molar refractivity (Wildman–Crippen MR) is 124 cm³/mol. The summed E-state index contributed by atoms with van der Waals surface area (Å²) in [5, 5.41) is 9.31. The first-order valence-corrected chi connectivity index (χ1v) is 11.7. The number of hydrogen-bond acceptors (Lipinski definition) is 11. The molecule has 0 amide bonds. The van der Waals surface area contributed by atoms with Gasteiger partial charge in [0.05, 0.1) is 13.7 Å². The van der Waals surface area contributed by atoms with Crippen LogP contribution in [0.3, 0.4) is 0 Å². The van der Waals surface area contributed by atoms with Crippen molar-refractivity contribution in [2.45, 2.75) is 4.90 Å². The Morgan fingerprint density at radius 3 is 2.40 bits per heavy atom. The lowest BCUT2D eigenvalue weighted by molar-refractivity contribution is 0.192. The maximum atomic E-state index is 13.1. The van der Waals surface area contributed by atoms with Crippen molar-refractivity contribution in [3.8, 4) is 34.8 Å². The number of aromatic nitrogens is 5. The van der Waals surface area contributed by atoms with E-state index in [0.29, 0.717) is 5.75 Å². The van der Waals surface area contributed by atoms with E-state index in [1.807, 2.05) is 0 Å². The standard InChI is InChI=1S/C22H20N6O6S/c1-32-16-7-2-3-8-17(16)34-18-19(28-35(30,31)15-6-4-9-23-14-15)26-21(20-24-10-5-11-25-20)27-22(18)33-13-12-29/h2-11,14,29H,12-13H2,1H3,(H,26,27,28). The number of ether oxygens (including phenoxy) is 3. The lowest BCUT2D eigenvalue weighted by Gasteiger charge is -2.17. The molecule has 0 spiro atoms. The Kier molecular flexibility index (Phi) is 7.28. The first-order chi connectivity index (χ1) is 17.0. The molecule has 0 unspecified atom stereocenters. The van der Waals surface area contributed by atoms with Gasteiger partial charge in [0, 0.05) is 24.8 Å². The Balaban J connectivity index is 1.88. The van der Waals surface area contributed by atoms with Crippen molar-refractivity contribution in [1.29, 1.82) is 0 Å². The number of aliphatic hydroxyl groups is 1. The van der Waals surface area contributed by atoms with Crippen LogP contribution in [-0.4, -0.2) is 58.8 Å². The molecule has 0 aliphatic carbocycles. The Labute approximate surface area is 200 Å². The van der Waals surface area contributed by atoms with Crippen LogP contribution in [0.4, 0.5) is 5.82 Å². The van der Waals surface area contributed by atoms with Crippen LogP contribution >= 0.6 is 0 Å². The highest BCUT2D eigenvalue weighted by Gasteiger charge is 2.26.